The van der Waals surface area contributed by atoms with Crippen LogP contribution in [0.15, 0.2) is 42.5 Å². The zero-order chi connectivity index (χ0) is 22.9. The largest absolute Gasteiger partial charge is 0.466 e. The normalized spacial score (nSPS) is 12.6. The zero-order valence-electron chi connectivity index (χ0n) is 18.5. The fraction of sp³-hybridized carbons (Fsp3) is 0.375. The summed E-state index contributed by atoms with van der Waals surface area (Å²) in [6, 6.07) is 3.22. The number of rotatable bonds is 9. The van der Waals surface area contributed by atoms with Crippen molar-refractivity contribution in [1.29, 1.82) is 0 Å². The molecule has 1 rings (SSSR count). The van der Waals surface area contributed by atoms with E-state index in [2.05, 4.69) is 17.4 Å². The fourth-order valence-corrected chi connectivity index (χ4v) is 2.87. The lowest BCUT2D eigenvalue weighted by atomic mass is 9.77. The number of carbonyl (C=O) groups is 3. The molecule has 0 fully saturated rings. The van der Waals surface area contributed by atoms with Crippen molar-refractivity contribution in [2.45, 2.75) is 52.9 Å². The van der Waals surface area contributed by atoms with E-state index in [-0.39, 0.29) is 11.5 Å². The van der Waals surface area contributed by atoms with Gasteiger partial charge >= 0.3 is 17.9 Å². The molecule has 0 aromatic heterocycles. The Hall–Kier alpha value is -3.15. The van der Waals surface area contributed by atoms with Crippen LogP contribution in [-0.4, -0.2) is 25.0 Å². The summed E-state index contributed by atoms with van der Waals surface area (Å²) in [6.45, 7) is 12.6. The second-order valence-electron chi connectivity index (χ2n) is 7.37. The van der Waals surface area contributed by atoms with Gasteiger partial charge < -0.3 is 14.2 Å². The standard InChI is InChI=1S/C24H30O6/c1-8-24(6,13-9-10-16(2)3)20-14-19(11-12-23(27)28-7)21(29-17(4)25)15-22(20)30-18(5)26/h8,10-12,14-15H,1,9,13H2,2-7H3/b12-11+. The van der Waals surface area contributed by atoms with Crippen LogP contribution >= 0.6 is 0 Å². The van der Waals surface area contributed by atoms with Gasteiger partial charge in [0.1, 0.15) is 11.5 Å². The van der Waals surface area contributed by atoms with Gasteiger partial charge in [0, 0.05) is 42.5 Å². The van der Waals surface area contributed by atoms with E-state index in [9.17, 15) is 14.4 Å². The van der Waals surface area contributed by atoms with Crippen LogP contribution in [0, 0.1) is 0 Å². The molecule has 1 atom stereocenters. The Morgan fingerprint density at radius 3 is 2.13 bits per heavy atom. The second kappa shape index (κ2) is 11.1. The van der Waals surface area contributed by atoms with Crippen molar-refractivity contribution in [3.63, 3.8) is 0 Å². The molecule has 6 heteroatoms. The number of carbonyl (C=O) groups excluding carboxylic acids is 3. The van der Waals surface area contributed by atoms with E-state index in [4.69, 9.17) is 9.47 Å². The van der Waals surface area contributed by atoms with Crippen molar-refractivity contribution < 1.29 is 28.6 Å². The fourth-order valence-electron chi connectivity index (χ4n) is 2.87. The van der Waals surface area contributed by atoms with Gasteiger partial charge in [0.2, 0.25) is 0 Å². The lowest BCUT2D eigenvalue weighted by Crippen LogP contribution is -2.21. The van der Waals surface area contributed by atoms with E-state index in [0.717, 1.165) is 6.42 Å². The third-order valence-electron chi connectivity index (χ3n) is 4.50. The van der Waals surface area contributed by atoms with E-state index in [0.29, 0.717) is 17.5 Å². The number of esters is 3. The summed E-state index contributed by atoms with van der Waals surface area (Å²) in [5.41, 5.74) is 1.82. The van der Waals surface area contributed by atoms with Crippen molar-refractivity contribution in [3.05, 3.63) is 53.6 Å². The summed E-state index contributed by atoms with van der Waals surface area (Å²) < 4.78 is 15.4. The Morgan fingerprint density at radius 2 is 1.63 bits per heavy atom. The first-order valence-corrected chi connectivity index (χ1v) is 9.60. The minimum absolute atomic E-state index is 0.165. The molecule has 0 N–H and O–H groups in total. The van der Waals surface area contributed by atoms with Crippen molar-refractivity contribution in [2.24, 2.45) is 0 Å². The molecule has 0 aliphatic carbocycles. The average Bonchev–Trinajstić information content (AvgIpc) is 2.65. The molecule has 30 heavy (non-hydrogen) atoms. The van der Waals surface area contributed by atoms with Crippen LogP contribution < -0.4 is 9.47 Å². The quantitative estimate of drug-likeness (QED) is 0.247. The summed E-state index contributed by atoms with van der Waals surface area (Å²) in [7, 11) is 1.27. The number of allylic oxidation sites excluding steroid dienone is 3. The Labute approximate surface area is 178 Å². The van der Waals surface area contributed by atoms with Gasteiger partial charge in [-0.3, -0.25) is 9.59 Å². The number of methoxy groups -OCH3 is 1. The topological polar surface area (TPSA) is 78.9 Å². The smallest absolute Gasteiger partial charge is 0.330 e. The molecule has 0 aliphatic rings. The first-order valence-electron chi connectivity index (χ1n) is 9.60. The van der Waals surface area contributed by atoms with E-state index < -0.39 is 23.3 Å². The maximum Gasteiger partial charge on any atom is 0.330 e. The van der Waals surface area contributed by atoms with Crippen molar-refractivity contribution in [2.75, 3.05) is 7.11 Å². The Balaban J connectivity index is 3.65. The predicted octanol–water partition coefficient (Wildman–Crippen LogP) is 4.91. The van der Waals surface area contributed by atoms with Crippen LogP contribution in [0.3, 0.4) is 0 Å². The van der Waals surface area contributed by atoms with Crippen molar-refractivity contribution >= 4 is 24.0 Å². The number of hydrogen-bond acceptors (Lipinski definition) is 6. The molecule has 0 aliphatic heterocycles. The first-order chi connectivity index (χ1) is 14.0. The highest BCUT2D eigenvalue weighted by Crippen LogP contribution is 2.41. The van der Waals surface area contributed by atoms with Crippen molar-refractivity contribution in [1.82, 2.24) is 0 Å². The zero-order valence-corrected chi connectivity index (χ0v) is 18.5. The summed E-state index contributed by atoms with van der Waals surface area (Å²) in [6.07, 6.45) is 8.15. The molecule has 0 spiro atoms. The molecule has 0 radical (unpaired) electrons. The first kappa shape index (κ1) is 24.9. The molecular formula is C24H30O6. The van der Waals surface area contributed by atoms with Crippen LogP contribution in [0.1, 0.15) is 58.6 Å². The third-order valence-corrected chi connectivity index (χ3v) is 4.50. The van der Waals surface area contributed by atoms with Gasteiger partial charge in [-0.25, -0.2) is 4.79 Å². The summed E-state index contributed by atoms with van der Waals surface area (Å²) >= 11 is 0. The minimum Gasteiger partial charge on any atom is -0.466 e. The average molecular weight is 414 g/mol. The van der Waals surface area contributed by atoms with Gasteiger partial charge in [0.05, 0.1) is 7.11 Å². The highest BCUT2D eigenvalue weighted by Gasteiger charge is 2.28. The Kier molecular flexibility index (Phi) is 9.24. The summed E-state index contributed by atoms with van der Waals surface area (Å²) in [4.78, 5) is 34.8. The van der Waals surface area contributed by atoms with E-state index in [1.807, 2.05) is 20.8 Å². The highest BCUT2D eigenvalue weighted by atomic mass is 16.5. The highest BCUT2D eigenvalue weighted by molar-refractivity contribution is 5.88. The molecule has 0 heterocycles. The molecule has 6 nitrogen and oxygen atoms in total. The number of ether oxygens (including phenoxy) is 3. The predicted molar refractivity (Wildman–Crippen MR) is 116 cm³/mol. The summed E-state index contributed by atoms with van der Waals surface area (Å²) in [5, 5.41) is 0. The summed E-state index contributed by atoms with van der Waals surface area (Å²) in [5.74, 6) is -1.16. The van der Waals surface area contributed by atoms with Gasteiger partial charge in [0.25, 0.3) is 0 Å². The third kappa shape index (κ3) is 7.35. The lowest BCUT2D eigenvalue weighted by Gasteiger charge is -2.29. The number of hydrogen-bond donors (Lipinski definition) is 0. The molecular weight excluding hydrogens is 384 g/mol. The van der Waals surface area contributed by atoms with Gasteiger partial charge in [-0.1, -0.05) is 24.6 Å². The number of benzene rings is 1. The van der Waals surface area contributed by atoms with Crippen LogP contribution in [0.4, 0.5) is 0 Å². The maximum absolute atomic E-state index is 11.7. The lowest BCUT2D eigenvalue weighted by molar-refractivity contribution is -0.135. The van der Waals surface area contributed by atoms with Crippen LogP contribution in [-0.2, 0) is 24.5 Å². The minimum atomic E-state index is -0.551. The van der Waals surface area contributed by atoms with E-state index in [1.54, 1.807) is 12.1 Å². The van der Waals surface area contributed by atoms with Gasteiger partial charge in [-0.05, 0) is 38.8 Å². The molecule has 0 bridgehead atoms. The molecule has 1 aromatic carbocycles. The van der Waals surface area contributed by atoms with Crippen LogP contribution in [0.2, 0.25) is 0 Å². The van der Waals surface area contributed by atoms with Crippen LogP contribution in [0.25, 0.3) is 6.08 Å². The molecule has 0 saturated carbocycles. The molecule has 0 saturated heterocycles. The Morgan fingerprint density at radius 1 is 1.03 bits per heavy atom. The SMILES string of the molecule is C=CC(C)(CCC=C(C)C)c1cc(/C=C/C(=O)OC)c(OC(C)=O)cc1OC(C)=O. The molecule has 1 aromatic rings. The van der Waals surface area contributed by atoms with Crippen molar-refractivity contribution in [3.8, 4) is 11.5 Å². The van der Waals surface area contributed by atoms with E-state index in [1.165, 1.54) is 44.7 Å². The molecule has 1 unspecified atom stereocenters. The monoisotopic (exact) mass is 414 g/mol. The van der Waals surface area contributed by atoms with E-state index >= 15 is 0 Å². The van der Waals surface area contributed by atoms with Gasteiger partial charge in [0.15, 0.2) is 0 Å². The molecule has 162 valence electrons. The van der Waals surface area contributed by atoms with Gasteiger partial charge in [-0.15, -0.1) is 6.58 Å². The second-order valence-corrected chi connectivity index (χ2v) is 7.37. The molecule has 0 amide bonds. The maximum atomic E-state index is 11.7. The Bertz CT molecular complexity index is 874. The van der Waals surface area contributed by atoms with Crippen LogP contribution in [0.5, 0.6) is 11.5 Å². The van der Waals surface area contributed by atoms with Gasteiger partial charge in [-0.2, -0.15) is 0 Å².